The largest absolute Gasteiger partial charge is 0.447 e. The van der Waals surface area contributed by atoms with E-state index < -0.39 is 0 Å². The maximum atomic E-state index is 10.1. The molecule has 1 heterocycles. The van der Waals surface area contributed by atoms with Gasteiger partial charge in [0.05, 0.1) is 6.04 Å². The third-order valence-electron chi connectivity index (χ3n) is 0.829. The summed E-state index contributed by atoms with van der Waals surface area (Å²) in [6.07, 6.45) is -0.299. The summed E-state index contributed by atoms with van der Waals surface area (Å²) in [6, 6.07) is 0.201. The van der Waals surface area contributed by atoms with Crippen LogP contribution in [0.4, 0.5) is 4.79 Å². The van der Waals surface area contributed by atoms with Crippen LogP contribution in [0, 0.1) is 0 Å². The van der Waals surface area contributed by atoms with E-state index in [4.69, 9.17) is 0 Å². The molecule has 1 fully saturated rings. The second kappa shape index (κ2) is 2.81. The second-order valence-electron chi connectivity index (χ2n) is 1.64. The van der Waals surface area contributed by atoms with Crippen LogP contribution in [0.5, 0.6) is 0 Å². The summed E-state index contributed by atoms with van der Waals surface area (Å²) in [5.41, 5.74) is 0. The summed E-state index contributed by atoms with van der Waals surface area (Å²) < 4.78 is 4.52. The fourth-order valence-corrected chi connectivity index (χ4v) is 0.485. The lowest BCUT2D eigenvalue weighted by Crippen LogP contribution is -2.21. The van der Waals surface area contributed by atoms with Gasteiger partial charge in [0.15, 0.2) is 0 Å². The average Bonchev–Trinajstić information content (AvgIpc) is 1.87. The summed E-state index contributed by atoms with van der Waals surface area (Å²) in [5, 5.41) is 2.56. The van der Waals surface area contributed by atoms with Crippen LogP contribution in [-0.2, 0) is 4.74 Å². The lowest BCUT2D eigenvalue weighted by atomic mass is 10.4. The average molecular weight is 135 g/mol. The molecule has 0 spiro atoms. The highest BCUT2D eigenvalue weighted by Gasteiger charge is 2.15. The van der Waals surface area contributed by atoms with Gasteiger partial charge in [-0.15, -0.1) is 0 Å². The first-order valence-electron chi connectivity index (χ1n) is 2.22. The summed E-state index contributed by atoms with van der Waals surface area (Å²) in [6.45, 7) is 2.41. The minimum absolute atomic E-state index is 0. The molecule has 0 aromatic heterocycles. The van der Waals surface area contributed by atoms with Gasteiger partial charge in [-0.3, -0.25) is 0 Å². The van der Waals surface area contributed by atoms with Crippen molar-refractivity contribution in [3.63, 3.8) is 0 Å². The number of hydrogen-bond donors (Lipinski definition) is 1. The summed E-state index contributed by atoms with van der Waals surface area (Å²) in [7, 11) is 0. The molecule has 1 rings (SSSR count). The third kappa shape index (κ3) is 1.61. The van der Waals surface area contributed by atoms with Gasteiger partial charge in [-0.1, -0.05) is 0 Å². The number of amides is 1. The van der Waals surface area contributed by atoms with E-state index >= 15 is 0 Å². The molecule has 1 N–H and O–H groups in total. The molecule has 1 aliphatic rings. The van der Waals surface area contributed by atoms with Crippen LogP contribution in [0.1, 0.15) is 6.92 Å². The van der Waals surface area contributed by atoms with Crippen molar-refractivity contribution >= 4 is 19.6 Å². The molecule has 1 atom stereocenters. The van der Waals surface area contributed by atoms with E-state index in [0.717, 1.165) is 0 Å². The van der Waals surface area contributed by atoms with E-state index in [2.05, 4.69) is 10.1 Å². The van der Waals surface area contributed by atoms with Crippen molar-refractivity contribution in [2.24, 2.45) is 0 Å². The highest BCUT2D eigenvalue weighted by atomic mass is 32.1. The normalized spacial score (nSPS) is 25.6. The van der Waals surface area contributed by atoms with Crippen molar-refractivity contribution < 1.29 is 9.53 Å². The van der Waals surface area contributed by atoms with E-state index in [1.54, 1.807) is 0 Å². The van der Waals surface area contributed by atoms with E-state index in [1.807, 2.05) is 6.92 Å². The maximum Gasteiger partial charge on any atom is 0.407 e. The molecule has 0 radical (unpaired) electrons. The molecule has 0 unspecified atom stereocenters. The highest BCUT2D eigenvalue weighted by molar-refractivity contribution is 7.59. The molecule has 3 nitrogen and oxygen atoms in total. The monoisotopic (exact) mass is 135 g/mol. The SMILES string of the molecule is C[C@H]1COC(=O)N1.S. The number of cyclic esters (lactones) is 1. The number of rotatable bonds is 0. The number of carbonyl (C=O) groups excluding carboxylic acids is 1. The Labute approximate surface area is 54.8 Å². The van der Waals surface area contributed by atoms with Crippen molar-refractivity contribution in [2.45, 2.75) is 13.0 Å². The van der Waals surface area contributed by atoms with Gasteiger partial charge in [-0.25, -0.2) is 4.79 Å². The van der Waals surface area contributed by atoms with Crippen LogP contribution in [0.3, 0.4) is 0 Å². The molecular formula is C4H9NO2S. The molecular weight excluding hydrogens is 126 g/mol. The van der Waals surface area contributed by atoms with Crippen LogP contribution in [-0.4, -0.2) is 18.7 Å². The first-order valence-corrected chi connectivity index (χ1v) is 2.22. The lowest BCUT2D eigenvalue weighted by molar-refractivity contribution is 0.177. The van der Waals surface area contributed by atoms with Gasteiger partial charge in [0.25, 0.3) is 0 Å². The third-order valence-corrected chi connectivity index (χ3v) is 0.829. The Balaban J connectivity index is 0.000000490. The molecule has 1 aliphatic heterocycles. The number of alkyl carbamates (subject to hydrolysis) is 1. The molecule has 1 saturated heterocycles. The Kier molecular flexibility index (Phi) is 2.68. The Hall–Kier alpha value is -0.380. The summed E-state index contributed by atoms with van der Waals surface area (Å²) in [4.78, 5) is 10.1. The number of hydrogen-bond acceptors (Lipinski definition) is 2. The standard InChI is InChI=1S/C4H7NO2.H2S/c1-3-2-7-4(6)5-3;/h3H,2H2,1H3,(H,5,6);1H2/t3-;/m0./s1. The van der Waals surface area contributed by atoms with E-state index in [1.165, 1.54) is 0 Å². The van der Waals surface area contributed by atoms with Gasteiger partial charge in [0.2, 0.25) is 0 Å². The number of ether oxygens (including phenoxy) is 1. The van der Waals surface area contributed by atoms with Crippen LogP contribution >= 0.6 is 13.5 Å². The topological polar surface area (TPSA) is 38.3 Å². The van der Waals surface area contributed by atoms with Crippen LogP contribution in [0.2, 0.25) is 0 Å². The van der Waals surface area contributed by atoms with Gasteiger partial charge < -0.3 is 10.1 Å². The van der Waals surface area contributed by atoms with Crippen LogP contribution in [0.25, 0.3) is 0 Å². The fourth-order valence-electron chi connectivity index (χ4n) is 0.485. The zero-order chi connectivity index (χ0) is 5.28. The minimum Gasteiger partial charge on any atom is -0.447 e. The Bertz CT molecular complexity index is 96.0. The molecule has 1 amide bonds. The first-order chi connectivity index (χ1) is 3.29. The minimum atomic E-state index is -0.299. The van der Waals surface area contributed by atoms with Crippen LogP contribution in [0.15, 0.2) is 0 Å². The molecule has 0 bridgehead atoms. The van der Waals surface area contributed by atoms with Crippen LogP contribution < -0.4 is 5.32 Å². The Morgan fingerprint density at radius 2 is 2.50 bits per heavy atom. The predicted molar refractivity (Wildman–Crippen MR) is 34.3 cm³/mol. The molecule has 0 saturated carbocycles. The first kappa shape index (κ1) is 7.62. The summed E-state index contributed by atoms with van der Waals surface area (Å²) >= 11 is 0. The lowest BCUT2D eigenvalue weighted by Gasteiger charge is -1.90. The van der Waals surface area contributed by atoms with Gasteiger partial charge in [-0.2, -0.15) is 13.5 Å². The number of nitrogens with one attached hydrogen (secondary N) is 1. The zero-order valence-corrected chi connectivity index (χ0v) is 5.60. The quantitative estimate of drug-likeness (QED) is 0.516. The molecule has 0 aromatic rings. The summed E-state index contributed by atoms with van der Waals surface area (Å²) in [5.74, 6) is 0. The zero-order valence-electron chi connectivity index (χ0n) is 4.60. The van der Waals surface area contributed by atoms with Crippen molar-refractivity contribution in [1.29, 1.82) is 0 Å². The van der Waals surface area contributed by atoms with Gasteiger partial charge in [-0.05, 0) is 6.92 Å². The maximum absolute atomic E-state index is 10.1. The van der Waals surface area contributed by atoms with E-state index in [9.17, 15) is 4.79 Å². The predicted octanol–water partition coefficient (Wildman–Crippen LogP) is 0.228. The van der Waals surface area contributed by atoms with Gasteiger partial charge in [0.1, 0.15) is 6.61 Å². The second-order valence-corrected chi connectivity index (χ2v) is 1.64. The van der Waals surface area contributed by atoms with Crippen molar-refractivity contribution in [3.8, 4) is 0 Å². The van der Waals surface area contributed by atoms with E-state index in [-0.39, 0.29) is 25.6 Å². The fraction of sp³-hybridized carbons (Fsp3) is 0.750. The van der Waals surface area contributed by atoms with Crippen molar-refractivity contribution in [1.82, 2.24) is 5.32 Å². The Morgan fingerprint density at radius 1 is 1.88 bits per heavy atom. The molecule has 0 aromatic carbocycles. The van der Waals surface area contributed by atoms with Gasteiger partial charge in [0, 0.05) is 0 Å². The van der Waals surface area contributed by atoms with Crippen molar-refractivity contribution in [3.05, 3.63) is 0 Å². The molecule has 0 aliphatic carbocycles. The Morgan fingerprint density at radius 3 is 2.62 bits per heavy atom. The highest BCUT2D eigenvalue weighted by Crippen LogP contribution is 1.93. The molecule has 48 valence electrons. The molecule has 4 heteroatoms. The smallest absolute Gasteiger partial charge is 0.407 e. The molecule has 8 heavy (non-hydrogen) atoms. The number of carbonyl (C=O) groups is 1. The van der Waals surface area contributed by atoms with E-state index in [0.29, 0.717) is 6.61 Å². The van der Waals surface area contributed by atoms with Crippen molar-refractivity contribution in [2.75, 3.05) is 6.61 Å². The van der Waals surface area contributed by atoms with Gasteiger partial charge >= 0.3 is 6.09 Å².